The smallest absolute Gasteiger partial charge is 0.271 e. The molecule has 1 saturated heterocycles. The van der Waals surface area contributed by atoms with Crippen LogP contribution in [0.5, 0.6) is 5.75 Å². The van der Waals surface area contributed by atoms with Gasteiger partial charge in [-0.1, -0.05) is 12.2 Å². The number of fused-ring (bicyclic) bond motifs is 5. The van der Waals surface area contributed by atoms with Crippen molar-refractivity contribution >= 4 is 15.7 Å². The van der Waals surface area contributed by atoms with Crippen LogP contribution in [0.15, 0.2) is 35.2 Å². The Hall–Kier alpha value is -1.93. The Morgan fingerprint density at radius 3 is 2.38 bits per heavy atom. The van der Waals surface area contributed by atoms with Crippen molar-refractivity contribution in [2.45, 2.75) is 11.3 Å². The predicted molar refractivity (Wildman–Crippen MR) is 86.1 cm³/mol. The fourth-order valence-electron chi connectivity index (χ4n) is 4.43. The number of nitro groups is 1. The molecule has 0 N–H and O–H groups in total. The fourth-order valence-corrected chi connectivity index (χ4v) is 6.12. The first-order valence-corrected chi connectivity index (χ1v) is 9.36. The van der Waals surface area contributed by atoms with Crippen LogP contribution in [0.1, 0.15) is 6.42 Å². The molecule has 3 aliphatic rings. The van der Waals surface area contributed by atoms with Crippen molar-refractivity contribution in [1.82, 2.24) is 4.31 Å². The quantitative estimate of drug-likeness (QED) is 0.471. The van der Waals surface area contributed by atoms with Crippen molar-refractivity contribution in [3.05, 3.63) is 40.5 Å². The van der Waals surface area contributed by atoms with Crippen molar-refractivity contribution in [1.29, 1.82) is 0 Å². The van der Waals surface area contributed by atoms with E-state index < -0.39 is 14.9 Å². The molecule has 7 nitrogen and oxygen atoms in total. The third-order valence-electron chi connectivity index (χ3n) is 5.60. The lowest BCUT2D eigenvalue weighted by atomic mass is 9.86. The van der Waals surface area contributed by atoms with Crippen LogP contribution >= 0.6 is 0 Å². The molecule has 4 atom stereocenters. The number of allylic oxidation sites excluding steroid dienone is 2. The first-order chi connectivity index (χ1) is 11.4. The van der Waals surface area contributed by atoms with Gasteiger partial charge in [0, 0.05) is 25.2 Å². The van der Waals surface area contributed by atoms with Crippen LogP contribution in [0.3, 0.4) is 0 Å². The molecule has 2 bridgehead atoms. The second-order valence-electron chi connectivity index (χ2n) is 6.69. The number of hydrogen-bond acceptors (Lipinski definition) is 5. The molecule has 0 spiro atoms. The zero-order chi connectivity index (χ0) is 17.1. The molecule has 1 heterocycles. The summed E-state index contributed by atoms with van der Waals surface area (Å²) in [7, 11) is -2.46. The zero-order valence-corrected chi connectivity index (χ0v) is 14.0. The predicted octanol–water partition coefficient (Wildman–Crippen LogP) is 2.05. The van der Waals surface area contributed by atoms with Gasteiger partial charge in [-0.3, -0.25) is 10.1 Å². The number of benzene rings is 1. The average molecular weight is 350 g/mol. The second kappa shape index (κ2) is 5.29. The maximum atomic E-state index is 13.1. The molecular weight excluding hydrogens is 332 g/mol. The van der Waals surface area contributed by atoms with Crippen LogP contribution < -0.4 is 4.74 Å². The molecule has 24 heavy (non-hydrogen) atoms. The lowest BCUT2D eigenvalue weighted by Gasteiger charge is -2.19. The first-order valence-electron chi connectivity index (χ1n) is 7.92. The van der Waals surface area contributed by atoms with Crippen LogP contribution in [0.4, 0.5) is 5.69 Å². The Labute approximate surface area is 140 Å². The summed E-state index contributed by atoms with van der Waals surface area (Å²) >= 11 is 0. The third kappa shape index (κ3) is 2.16. The number of hydrogen-bond donors (Lipinski definition) is 0. The van der Waals surface area contributed by atoms with Crippen molar-refractivity contribution in [2.75, 3.05) is 20.2 Å². The summed E-state index contributed by atoms with van der Waals surface area (Å²) in [5.41, 5.74) is -0.254. The minimum Gasteiger partial charge on any atom is -0.495 e. The number of nitrogens with zero attached hydrogens (tertiary/aromatic N) is 2. The highest BCUT2D eigenvalue weighted by Crippen LogP contribution is 2.52. The van der Waals surface area contributed by atoms with Crippen LogP contribution in [-0.2, 0) is 10.0 Å². The van der Waals surface area contributed by atoms with E-state index in [-0.39, 0.29) is 16.3 Å². The van der Waals surface area contributed by atoms with Gasteiger partial charge in [0.05, 0.1) is 12.0 Å². The Morgan fingerprint density at radius 2 is 1.83 bits per heavy atom. The van der Waals surface area contributed by atoms with Crippen LogP contribution in [0, 0.1) is 33.8 Å². The molecule has 128 valence electrons. The maximum Gasteiger partial charge on any atom is 0.271 e. The molecule has 4 unspecified atom stereocenters. The molecule has 4 rings (SSSR count). The summed E-state index contributed by atoms with van der Waals surface area (Å²) in [6, 6.07) is 3.68. The number of ether oxygens (including phenoxy) is 1. The van der Waals surface area contributed by atoms with Crippen LogP contribution in [0.2, 0.25) is 0 Å². The molecule has 8 heteroatoms. The largest absolute Gasteiger partial charge is 0.495 e. The molecule has 1 aliphatic heterocycles. The first kappa shape index (κ1) is 15.6. The summed E-state index contributed by atoms with van der Waals surface area (Å²) in [5.74, 6) is 1.79. The highest BCUT2D eigenvalue weighted by atomic mass is 32.2. The van der Waals surface area contributed by atoms with E-state index in [9.17, 15) is 18.5 Å². The summed E-state index contributed by atoms with van der Waals surface area (Å²) in [4.78, 5) is 10.3. The molecule has 0 amide bonds. The van der Waals surface area contributed by atoms with Gasteiger partial charge in [-0.2, -0.15) is 4.31 Å². The molecule has 2 aliphatic carbocycles. The van der Waals surface area contributed by atoms with Gasteiger partial charge in [0.15, 0.2) is 0 Å². The average Bonchev–Trinajstić information content (AvgIpc) is 3.26. The molecule has 2 fully saturated rings. The van der Waals surface area contributed by atoms with Gasteiger partial charge in [0.25, 0.3) is 5.69 Å². The Balaban J connectivity index is 1.69. The van der Waals surface area contributed by atoms with E-state index in [1.54, 1.807) is 0 Å². The molecular formula is C16H18N2O5S. The topological polar surface area (TPSA) is 89.7 Å². The molecule has 0 radical (unpaired) electrons. The summed E-state index contributed by atoms with van der Waals surface area (Å²) < 4.78 is 32.7. The number of non-ortho nitro benzene ring substituents is 1. The second-order valence-corrected chi connectivity index (χ2v) is 8.60. The molecule has 0 aromatic heterocycles. The number of sulfonamides is 1. The lowest BCUT2D eigenvalue weighted by molar-refractivity contribution is -0.385. The minimum atomic E-state index is -3.82. The van der Waals surface area contributed by atoms with E-state index in [0.717, 1.165) is 12.5 Å². The molecule has 1 aromatic rings. The fraction of sp³-hybridized carbons (Fsp3) is 0.500. The number of rotatable bonds is 4. The van der Waals surface area contributed by atoms with E-state index in [2.05, 4.69) is 12.2 Å². The van der Waals surface area contributed by atoms with Crippen molar-refractivity contribution in [3.63, 3.8) is 0 Å². The summed E-state index contributed by atoms with van der Waals surface area (Å²) in [5, 5.41) is 11.0. The van der Waals surface area contributed by atoms with Crippen LogP contribution in [0.25, 0.3) is 0 Å². The third-order valence-corrected chi connectivity index (χ3v) is 7.46. The number of nitro benzene ring substituents is 1. The van der Waals surface area contributed by atoms with Crippen molar-refractivity contribution in [2.24, 2.45) is 23.7 Å². The normalized spacial score (nSPS) is 31.4. The summed E-state index contributed by atoms with van der Waals surface area (Å²) in [6.45, 7) is 0.953. The Morgan fingerprint density at radius 1 is 1.21 bits per heavy atom. The van der Waals surface area contributed by atoms with Gasteiger partial charge in [0.2, 0.25) is 10.0 Å². The molecule has 1 aromatic carbocycles. The lowest BCUT2D eigenvalue weighted by Crippen LogP contribution is -2.30. The Kier molecular flexibility index (Phi) is 3.43. The van der Waals surface area contributed by atoms with E-state index in [1.165, 1.54) is 23.5 Å². The van der Waals surface area contributed by atoms with E-state index >= 15 is 0 Å². The van der Waals surface area contributed by atoms with E-state index in [4.69, 9.17) is 4.74 Å². The number of methoxy groups -OCH3 is 1. The Bertz CT molecular complexity index is 815. The SMILES string of the molecule is COc1ccc([N+](=O)[O-])cc1S(=O)(=O)N1CC2C3C=CC(C3)C2C1. The standard InChI is InChI=1S/C16H18N2O5S/c1-23-15-5-4-12(18(19)20)7-16(15)24(21,22)17-8-13-10-2-3-11(6-10)14(13)9-17/h2-5,7,10-11,13-14H,6,8-9H2,1H3. The van der Waals surface area contributed by atoms with Gasteiger partial charge in [-0.25, -0.2) is 8.42 Å². The van der Waals surface area contributed by atoms with Crippen molar-refractivity contribution in [3.8, 4) is 5.75 Å². The van der Waals surface area contributed by atoms with E-state index in [0.29, 0.717) is 36.8 Å². The minimum absolute atomic E-state index is 0.125. The highest BCUT2D eigenvalue weighted by Gasteiger charge is 2.52. The van der Waals surface area contributed by atoms with Gasteiger partial charge >= 0.3 is 0 Å². The zero-order valence-electron chi connectivity index (χ0n) is 13.2. The van der Waals surface area contributed by atoms with Gasteiger partial charge in [0.1, 0.15) is 10.6 Å². The summed E-state index contributed by atoms with van der Waals surface area (Å²) in [6.07, 6.45) is 5.54. The van der Waals surface area contributed by atoms with Gasteiger partial charge < -0.3 is 4.74 Å². The van der Waals surface area contributed by atoms with Gasteiger partial charge in [-0.05, 0) is 36.2 Å². The van der Waals surface area contributed by atoms with Crippen molar-refractivity contribution < 1.29 is 18.1 Å². The van der Waals surface area contributed by atoms with E-state index in [1.807, 2.05) is 0 Å². The maximum absolute atomic E-state index is 13.1. The van der Waals surface area contributed by atoms with Crippen LogP contribution in [-0.4, -0.2) is 37.8 Å². The van der Waals surface area contributed by atoms with Gasteiger partial charge in [-0.15, -0.1) is 0 Å². The molecule has 1 saturated carbocycles. The monoisotopic (exact) mass is 350 g/mol. The highest BCUT2D eigenvalue weighted by molar-refractivity contribution is 7.89.